The Kier molecular flexibility index (Phi) is 3.55. The van der Waals surface area contributed by atoms with Crippen LogP contribution < -0.4 is 5.30 Å². The highest BCUT2D eigenvalue weighted by atomic mass is 79.9. The van der Waals surface area contributed by atoms with Crippen LogP contribution in [0, 0.1) is 0 Å². The van der Waals surface area contributed by atoms with Gasteiger partial charge in [-0.15, -0.1) is 0 Å². The predicted molar refractivity (Wildman–Crippen MR) is 84.0 cm³/mol. The summed E-state index contributed by atoms with van der Waals surface area (Å²) >= 11 is 3.55. The molecule has 2 aromatic carbocycles. The molecule has 1 atom stereocenters. The van der Waals surface area contributed by atoms with Crippen molar-refractivity contribution in [1.29, 1.82) is 0 Å². The van der Waals surface area contributed by atoms with Crippen molar-refractivity contribution in [2.24, 2.45) is 0 Å². The number of benzene rings is 2. The van der Waals surface area contributed by atoms with Crippen LogP contribution in [0.2, 0.25) is 0 Å². The van der Waals surface area contributed by atoms with Crippen LogP contribution in [0.15, 0.2) is 54.6 Å². The molecule has 20 heavy (non-hydrogen) atoms. The number of hydrogen-bond donors (Lipinski definition) is 0. The van der Waals surface area contributed by atoms with Gasteiger partial charge in [-0.25, -0.2) is 4.57 Å². The van der Waals surface area contributed by atoms with E-state index in [-0.39, 0.29) is 0 Å². The molecule has 3 rings (SSSR count). The third kappa shape index (κ3) is 2.14. The molecule has 0 spiro atoms. The fraction of sp³-hybridized carbons (Fsp3) is 0.0667. The van der Waals surface area contributed by atoms with E-state index in [1.54, 1.807) is 6.07 Å². The molecule has 0 aliphatic carbocycles. The minimum absolute atomic E-state index is 0.537. The second-order valence-corrected chi connectivity index (χ2v) is 7.12. The normalized spacial score (nSPS) is 21.3. The number of halogens is 1. The van der Waals surface area contributed by atoms with Gasteiger partial charge in [0.15, 0.2) is 5.76 Å². The highest BCUT2D eigenvalue weighted by Crippen LogP contribution is 2.56. The molecular weight excluding hydrogens is 339 g/mol. The first kappa shape index (κ1) is 13.6. The van der Waals surface area contributed by atoms with Gasteiger partial charge in [0.2, 0.25) is 0 Å². The smallest absolute Gasteiger partial charge is 0.411 e. The van der Waals surface area contributed by atoms with Gasteiger partial charge in [0.1, 0.15) is 0 Å². The molecule has 1 aliphatic heterocycles. The van der Waals surface area contributed by atoms with E-state index in [9.17, 15) is 4.57 Å². The fourth-order valence-corrected chi connectivity index (χ4v) is 4.62. The Hall–Kier alpha value is -1.35. The summed E-state index contributed by atoms with van der Waals surface area (Å²) in [7, 11) is -1.93. The maximum Gasteiger partial charge on any atom is 0.411 e. The summed E-state index contributed by atoms with van der Waals surface area (Å²) < 4.78 is 24.5. The highest BCUT2D eigenvalue weighted by Gasteiger charge is 2.37. The second kappa shape index (κ2) is 5.21. The Morgan fingerprint density at radius 2 is 1.70 bits per heavy atom. The van der Waals surface area contributed by atoms with Gasteiger partial charge < -0.3 is 4.52 Å². The largest absolute Gasteiger partial charge is 0.419 e. The zero-order valence-electron chi connectivity index (χ0n) is 10.7. The first-order chi connectivity index (χ1) is 9.65. The maximum atomic E-state index is 12.9. The van der Waals surface area contributed by atoms with E-state index in [1.165, 1.54) is 7.11 Å². The van der Waals surface area contributed by atoms with E-state index in [0.717, 1.165) is 15.6 Å². The van der Waals surface area contributed by atoms with E-state index in [0.29, 0.717) is 11.1 Å². The van der Waals surface area contributed by atoms with Crippen LogP contribution in [0.4, 0.5) is 0 Å². The van der Waals surface area contributed by atoms with Gasteiger partial charge in [-0.1, -0.05) is 48.5 Å². The summed E-state index contributed by atoms with van der Waals surface area (Å²) in [5.74, 6) is 0.537. The molecule has 0 aromatic heterocycles. The van der Waals surface area contributed by atoms with Gasteiger partial charge in [-0.3, -0.25) is 4.52 Å². The average molecular weight is 351 g/mol. The molecule has 0 radical (unpaired) electrons. The van der Waals surface area contributed by atoms with Crippen LogP contribution in [-0.4, -0.2) is 7.11 Å². The standard InChI is InChI=1S/C15H12BrO3P/c1-18-20(17)13-10-6-5-9-12(13)14(16)15(19-20)11-7-3-2-4-8-11/h2-10H,1H3. The van der Waals surface area contributed by atoms with Gasteiger partial charge in [0.05, 0.1) is 9.79 Å². The van der Waals surface area contributed by atoms with E-state index in [2.05, 4.69) is 15.9 Å². The molecule has 0 saturated carbocycles. The van der Waals surface area contributed by atoms with Crippen LogP contribution in [-0.2, 0) is 13.6 Å². The number of hydrogen-bond acceptors (Lipinski definition) is 3. The summed E-state index contributed by atoms with van der Waals surface area (Å²) in [5, 5.41) is 0.578. The topological polar surface area (TPSA) is 35.5 Å². The minimum Gasteiger partial charge on any atom is -0.419 e. The minimum atomic E-state index is -3.33. The van der Waals surface area contributed by atoms with Crippen molar-refractivity contribution in [2.45, 2.75) is 0 Å². The van der Waals surface area contributed by atoms with Crippen molar-refractivity contribution >= 4 is 39.1 Å². The van der Waals surface area contributed by atoms with Crippen molar-refractivity contribution in [2.75, 3.05) is 7.11 Å². The molecule has 0 bridgehead atoms. The maximum absolute atomic E-state index is 12.9. The molecular formula is C15H12BrO3P. The molecule has 3 nitrogen and oxygen atoms in total. The average Bonchev–Trinajstić information content (AvgIpc) is 2.52. The summed E-state index contributed by atoms with van der Waals surface area (Å²) in [6.45, 7) is 0. The molecule has 1 aliphatic rings. The van der Waals surface area contributed by atoms with Crippen molar-refractivity contribution < 1.29 is 13.6 Å². The Bertz CT molecular complexity index is 725. The van der Waals surface area contributed by atoms with Crippen molar-refractivity contribution in [1.82, 2.24) is 0 Å². The number of rotatable bonds is 2. The van der Waals surface area contributed by atoms with Gasteiger partial charge in [0, 0.05) is 18.2 Å². The molecule has 1 heterocycles. The third-order valence-corrected chi connectivity index (χ3v) is 5.79. The van der Waals surface area contributed by atoms with Gasteiger partial charge in [0.25, 0.3) is 0 Å². The quantitative estimate of drug-likeness (QED) is 0.753. The van der Waals surface area contributed by atoms with Gasteiger partial charge >= 0.3 is 7.60 Å². The van der Waals surface area contributed by atoms with Crippen LogP contribution in [0.1, 0.15) is 11.1 Å². The van der Waals surface area contributed by atoms with E-state index >= 15 is 0 Å². The lowest BCUT2D eigenvalue weighted by Crippen LogP contribution is -2.17. The SMILES string of the molecule is COP1(=O)OC(c2ccccc2)=C(Br)c2ccccc21. The zero-order valence-corrected chi connectivity index (χ0v) is 13.2. The second-order valence-electron chi connectivity index (χ2n) is 4.30. The van der Waals surface area contributed by atoms with E-state index < -0.39 is 7.60 Å². The lowest BCUT2D eigenvalue weighted by molar-refractivity contribution is 0.320. The van der Waals surface area contributed by atoms with Crippen molar-refractivity contribution in [3.8, 4) is 0 Å². The third-order valence-electron chi connectivity index (χ3n) is 3.12. The highest BCUT2D eigenvalue weighted by molar-refractivity contribution is 9.15. The summed E-state index contributed by atoms with van der Waals surface area (Å²) in [5.41, 5.74) is 1.69. The Morgan fingerprint density at radius 1 is 1.05 bits per heavy atom. The molecule has 0 saturated heterocycles. The summed E-state index contributed by atoms with van der Waals surface area (Å²) in [6, 6.07) is 16.9. The van der Waals surface area contributed by atoms with Gasteiger partial charge in [-0.05, 0) is 22.0 Å². The molecule has 0 N–H and O–H groups in total. The van der Waals surface area contributed by atoms with E-state index in [4.69, 9.17) is 9.05 Å². The first-order valence-electron chi connectivity index (χ1n) is 6.06. The summed E-state index contributed by atoms with van der Waals surface area (Å²) in [4.78, 5) is 0. The van der Waals surface area contributed by atoms with Crippen molar-refractivity contribution in [3.05, 3.63) is 65.7 Å². The Balaban J connectivity index is 2.25. The van der Waals surface area contributed by atoms with Crippen LogP contribution in [0.25, 0.3) is 10.2 Å². The molecule has 0 amide bonds. The lowest BCUT2D eigenvalue weighted by Gasteiger charge is -2.27. The number of fused-ring (bicyclic) bond motifs is 1. The lowest BCUT2D eigenvalue weighted by atomic mass is 10.1. The summed E-state index contributed by atoms with van der Waals surface area (Å²) in [6.07, 6.45) is 0. The molecule has 1 unspecified atom stereocenters. The van der Waals surface area contributed by atoms with Crippen molar-refractivity contribution in [3.63, 3.8) is 0 Å². The molecule has 102 valence electrons. The first-order valence-corrected chi connectivity index (χ1v) is 8.40. The van der Waals surface area contributed by atoms with Gasteiger partial charge in [-0.2, -0.15) is 0 Å². The Labute approximate surface area is 125 Å². The van der Waals surface area contributed by atoms with Crippen LogP contribution in [0.3, 0.4) is 0 Å². The monoisotopic (exact) mass is 350 g/mol. The molecule has 2 aromatic rings. The molecule has 5 heteroatoms. The van der Waals surface area contributed by atoms with Crippen LogP contribution in [0.5, 0.6) is 0 Å². The zero-order chi connectivity index (χ0) is 14.2. The Morgan fingerprint density at radius 3 is 2.40 bits per heavy atom. The van der Waals surface area contributed by atoms with Crippen LogP contribution >= 0.6 is 23.5 Å². The molecule has 0 fully saturated rings. The fourth-order valence-electron chi connectivity index (χ4n) is 2.13. The predicted octanol–water partition coefficient (Wildman–Crippen LogP) is 4.40. The van der Waals surface area contributed by atoms with E-state index in [1.807, 2.05) is 48.5 Å².